The first-order chi connectivity index (χ1) is 4.61. The molecule has 0 radical (unpaired) electrons. The third-order valence-corrected chi connectivity index (χ3v) is 2.07. The van der Waals surface area contributed by atoms with Crippen molar-refractivity contribution in [1.29, 1.82) is 0 Å². The van der Waals surface area contributed by atoms with Crippen LogP contribution in [0.25, 0.3) is 0 Å². The minimum absolute atomic E-state index is 1.36. The Kier molecular flexibility index (Phi) is 1.89. The Morgan fingerprint density at radius 2 is 1.40 bits per heavy atom. The third kappa shape index (κ3) is 1.26. The maximum Gasteiger partial charge on any atom is 0.139 e. The van der Waals surface area contributed by atoms with Gasteiger partial charge in [-0.15, -0.1) is 0 Å². The molecule has 0 saturated heterocycles. The maximum absolute atomic E-state index is 2.22. The predicted octanol–water partition coefficient (Wildman–Crippen LogP) is -1.18. The van der Waals surface area contributed by atoms with Crippen molar-refractivity contribution in [1.82, 2.24) is 0 Å². The largest absolute Gasteiger partial charge is 0.139 e. The Morgan fingerprint density at radius 3 is 1.80 bits per heavy atom. The maximum atomic E-state index is 2.22. The highest BCUT2D eigenvalue weighted by Gasteiger charge is 1.95. The van der Waals surface area contributed by atoms with Crippen molar-refractivity contribution in [2.75, 3.05) is 0 Å². The topological polar surface area (TPSA) is 0 Å². The smallest absolute Gasteiger partial charge is 0.0864 e. The molecule has 0 nitrogen and oxygen atoms in total. The van der Waals surface area contributed by atoms with Gasteiger partial charge < -0.3 is 0 Å². The van der Waals surface area contributed by atoms with Gasteiger partial charge in [0.1, 0.15) is 15.7 Å². The van der Waals surface area contributed by atoms with Gasteiger partial charge in [-0.2, -0.15) is 0 Å². The first kappa shape index (κ1) is 7.46. The zero-order valence-electron chi connectivity index (χ0n) is 7.15. The molecule has 0 aliphatic carbocycles. The minimum Gasteiger partial charge on any atom is -0.0864 e. The molecule has 0 amide bonds. The van der Waals surface area contributed by atoms with E-state index in [2.05, 4.69) is 41.7 Å². The summed E-state index contributed by atoms with van der Waals surface area (Å²) < 4.78 is 0. The first-order valence-corrected chi connectivity index (χ1v) is 3.65. The molecule has 0 aromatic heterocycles. The number of hydrogen-bond donors (Lipinski definition) is 0. The molecule has 2 heteroatoms. The molecule has 0 heterocycles. The Morgan fingerprint density at radius 1 is 1.00 bits per heavy atom. The van der Waals surface area contributed by atoms with Crippen molar-refractivity contribution in [3.05, 3.63) is 23.3 Å². The van der Waals surface area contributed by atoms with Crippen LogP contribution >= 0.6 is 0 Å². The standard InChI is InChI=1S/C8H12B2/c1-5-3-7(9)6(2)8(10)4-5/h3-4H,9-10H2,1-2H3. The number of aryl methyl sites for hydroxylation is 1. The average Bonchev–Trinajstić information content (AvgIpc) is 1.82. The van der Waals surface area contributed by atoms with E-state index >= 15 is 0 Å². The van der Waals surface area contributed by atoms with E-state index in [1.54, 1.807) is 0 Å². The van der Waals surface area contributed by atoms with Crippen molar-refractivity contribution in [3.63, 3.8) is 0 Å². The lowest BCUT2D eigenvalue weighted by Crippen LogP contribution is -2.20. The zero-order valence-corrected chi connectivity index (χ0v) is 7.15. The molecule has 0 unspecified atom stereocenters. The molecule has 1 aromatic carbocycles. The fraction of sp³-hybridized carbons (Fsp3) is 0.250. The van der Waals surface area contributed by atoms with Crippen LogP contribution in [-0.2, 0) is 0 Å². The van der Waals surface area contributed by atoms with E-state index in [1.165, 1.54) is 22.1 Å². The van der Waals surface area contributed by atoms with Gasteiger partial charge in [0.15, 0.2) is 0 Å². The predicted molar refractivity (Wildman–Crippen MR) is 52.3 cm³/mol. The molecule has 1 rings (SSSR count). The highest BCUT2D eigenvalue weighted by Crippen LogP contribution is 1.93. The molecule has 10 heavy (non-hydrogen) atoms. The molecule has 0 aliphatic rings. The molecule has 0 fully saturated rings. The Hall–Kier alpha value is -0.650. The van der Waals surface area contributed by atoms with Crippen LogP contribution in [0.3, 0.4) is 0 Å². The Labute approximate surface area is 64.5 Å². The first-order valence-electron chi connectivity index (χ1n) is 3.65. The van der Waals surface area contributed by atoms with Crippen LogP contribution in [0.15, 0.2) is 12.1 Å². The van der Waals surface area contributed by atoms with Crippen LogP contribution in [0.1, 0.15) is 11.1 Å². The summed E-state index contributed by atoms with van der Waals surface area (Å²) in [6, 6.07) is 4.45. The molecule has 1 aromatic rings. The van der Waals surface area contributed by atoms with Crippen LogP contribution in [0.2, 0.25) is 0 Å². The fourth-order valence-corrected chi connectivity index (χ4v) is 1.25. The molecular formula is C8H12B2. The van der Waals surface area contributed by atoms with Crippen LogP contribution < -0.4 is 10.9 Å². The molecule has 0 bridgehead atoms. The van der Waals surface area contributed by atoms with Crippen LogP contribution in [0.4, 0.5) is 0 Å². The van der Waals surface area contributed by atoms with Crippen LogP contribution in [0, 0.1) is 13.8 Å². The number of hydrogen-bond acceptors (Lipinski definition) is 0. The second kappa shape index (κ2) is 2.53. The summed E-state index contributed by atoms with van der Waals surface area (Å²) in [5, 5.41) is 0. The lowest BCUT2D eigenvalue weighted by atomic mass is 9.80. The molecule has 0 spiro atoms. The van der Waals surface area contributed by atoms with Gasteiger partial charge in [0.05, 0.1) is 0 Å². The second-order valence-electron chi connectivity index (χ2n) is 3.02. The normalized spacial score (nSPS) is 9.80. The zero-order chi connectivity index (χ0) is 7.72. The van der Waals surface area contributed by atoms with Gasteiger partial charge in [-0.25, -0.2) is 0 Å². The quantitative estimate of drug-likeness (QED) is 0.387. The summed E-state index contributed by atoms with van der Waals surface area (Å²) in [5.74, 6) is 0. The summed E-state index contributed by atoms with van der Waals surface area (Å²) in [5.41, 5.74) is 5.58. The van der Waals surface area contributed by atoms with Gasteiger partial charge >= 0.3 is 0 Å². The van der Waals surface area contributed by atoms with E-state index in [4.69, 9.17) is 0 Å². The lowest BCUT2D eigenvalue weighted by Gasteiger charge is -2.05. The van der Waals surface area contributed by atoms with Gasteiger partial charge in [0.25, 0.3) is 0 Å². The van der Waals surface area contributed by atoms with Crippen molar-refractivity contribution >= 4 is 26.6 Å². The molecule has 0 saturated carbocycles. The monoisotopic (exact) mass is 130 g/mol. The van der Waals surface area contributed by atoms with Gasteiger partial charge in [0, 0.05) is 0 Å². The fourth-order valence-electron chi connectivity index (χ4n) is 1.25. The highest BCUT2D eigenvalue weighted by molar-refractivity contribution is 6.39. The molecule has 0 atom stereocenters. The van der Waals surface area contributed by atoms with Gasteiger partial charge in [-0.1, -0.05) is 34.2 Å². The summed E-state index contributed by atoms with van der Waals surface area (Å²) in [7, 11) is 4.32. The number of rotatable bonds is 0. The van der Waals surface area contributed by atoms with Crippen LogP contribution in [0.5, 0.6) is 0 Å². The van der Waals surface area contributed by atoms with Crippen molar-refractivity contribution < 1.29 is 0 Å². The van der Waals surface area contributed by atoms with Gasteiger partial charge in [0.2, 0.25) is 0 Å². The van der Waals surface area contributed by atoms with E-state index in [9.17, 15) is 0 Å². The molecule has 0 aliphatic heterocycles. The summed E-state index contributed by atoms with van der Waals surface area (Å²) in [6.45, 7) is 4.31. The summed E-state index contributed by atoms with van der Waals surface area (Å²) in [4.78, 5) is 0. The third-order valence-electron chi connectivity index (χ3n) is 2.07. The van der Waals surface area contributed by atoms with Crippen molar-refractivity contribution in [2.45, 2.75) is 13.8 Å². The minimum atomic E-state index is 1.36. The molecular weight excluding hydrogens is 118 g/mol. The number of benzene rings is 1. The lowest BCUT2D eigenvalue weighted by molar-refractivity contribution is 1.46. The van der Waals surface area contributed by atoms with E-state index in [1.807, 2.05) is 0 Å². The van der Waals surface area contributed by atoms with E-state index in [-0.39, 0.29) is 0 Å². The molecule has 0 N–H and O–H groups in total. The SMILES string of the molecule is Bc1cc(C)cc(B)c1C. The van der Waals surface area contributed by atoms with Crippen LogP contribution in [-0.4, -0.2) is 15.7 Å². The Bertz CT molecular complexity index is 230. The Balaban J connectivity index is 3.31. The average molecular weight is 130 g/mol. The molecule has 50 valence electrons. The van der Waals surface area contributed by atoms with E-state index in [0.29, 0.717) is 0 Å². The van der Waals surface area contributed by atoms with Gasteiger partial charge in [-0.05, 0) is 13.8 Å². The van der Waals surface area contributed by atoms with Crippen molar-refractivity contribution in [2.24, 2.45) is 0 Å². The van der Waals surface area contributed by atoms with E-state index < -0.39 is 0 Å². The van der Waals surface area contributed by atoms with Crippen molar-refractivity contribution in [3.8, 4) is 0 Å². The summed E-state index contributed by atoms with van der Waals surface area (Å²) in [6.07, 6.45) is 0. The second-order valence-corrected chi connectivity index (χ2v) is 3.02. The van der Waals surface area contributed by atoms with Gasteiger partial charge in [-0.3, -0.25) is 0 Å². The highest BCUT2D eigenvalue weighted by atomic mass is 13.9. The van der Waals surface area contributed by atoms with E-state index in [0.717, 1.165) is 0 Å². The summed E-state index contributed by atoms with van der Waals surface area (Å²) >= 11 is 0.